The van der Waals surface area contributed by atoms with Crippen molar-refractivity contribution in [1.29, 1.82) is 0 Å². The van der Waals surface area contributed by atoms with Crippen LogP contribution in [-0.4, -0.2) is 18.4 Å². The van der Waals surface area contributed by atoms with Crippen LogP contribution in [0.3, 0.4) is 0 Å². The Bertz CT molecular complexity index is 742. The van der Waals surface area contributed by atoms with Crippen LogP contribution >= 0.6 is 0 Å². The van der Waals surface area contributed by atoms with Crippen LogP contribution in [0.5, 0.6) is 5.75 Å². The fraction of sp³-hybridized carbons (Fsp3) is 0.300. The highest BCUT2D eigenvalue weighted by atomic mass is 16.5. The lowest BCUT2D eigenvalue weighted by atomic mass is 10.0. The topological polar surface area (TPSA) is 81.4 Å². The van der Waals surface area contributed by atoms with Crippen molar-refractivity contribution >= 4 is 11.8 Å². The molecule has 2 aromatic carbocycles. The average molecular weight is 340 g/mol. The standard InChI is InChI=1S/C20H24N2O3/c1-13(2)16-10-9-14(3)17(11-16)25-12-18(23)22-19(20(21)24)15-7-5-4-6-8-15/h4-11,13,19H,12H2,1-3H3,(H2,21,24)(H,22,23)/t19-/m0/s1. The number of nitrogens with one attached hydrogen (secondary N) is 1. The van der Waals surface area contributed by atoms with Gasteiger partial charge in [-0.3, -0.25) is 9.59 Å². The molecule has 0 saturated carbocycles. The number of primary amides is 1. The van der Waals surface area contributed by atoms with Gasteiger partial charge in [-0.15, -0.1) is 0 Å². The van der Waals surface area contributed by atoms with Crippen molar-refractivity contribution < 1.29 is 14.3 Å². The molecule has 0 aliphatic carbocycles. The molecule has 0 unspecified atom stereocenters. The minimum absolute atomic E-state index is 0.182. The zero-order chi connectivity index (χ0) is 18.4. The van der Waals surface area contributed by atoms with Crippen LogP contribution in [0.2, 0.25) is 0 Å². The fourth-order valence-electron chi connectivity index (χ4n) is 2.44. The second-order valence-corrected chi connectivity index (χ2v) is 6.28. The molecule has 0 saturated heterocycles. The summed E-state index contributed by atoms with van der Waals surface area (Å²) in [5.41, 5.74) is 8.14. The molecule has 0 spiro atoms. The molecule has 0 aromatic heterocycles. The van der Waals surface area contributed by atoms with Gasteiger partial charge in [-0.25, -0.2) is 0 Å². The maximum absolute atomic E-state index is 12.2. The number of nitrogens with two attached hydrogens (primary N) is 1. The van der Waals surface area contributed by atoms with Crippen molar-refractivity contribution in [1.82, 2.24) is 5.32 Å². The van der Waals surface area contributed by atoms with E-state index in [1.165, 1.54) is 0 Å². The smallest absolute Gasteiger partial charge is 0.258 e. The summed E-state index contributed by atoms with van der Waals surface area (Å²) in [5.74, 6) is 0.0188. The van der Waals surface area contributed by atoms with E-state index in [-0.39, 0.29) is 6.61 Å². The number of hydrogen-bond donors (Lipinski definition) is 2. The van der Waals surface area contributed by atoms with E-state index in [0.29, 0.717) is 17.2 Å². The van der Waals surface area contributed by atoms with Gasteiger partial charge in [-0.05, 0) is 35.6 Å². The van der Waals surface area contributed by atoms with E-state index >= 15 is 0 Å². The largest absolute Gasteiger partial charge is 0.483 e. The summed E-state index contributed by atoms with van der Waals surface area (Å²) in [7, 11) is 0. The monoisotopic (exact) mass is 340 g/mol. The second kappa shape index (κ2) is 8.33. The number of rotatable bonds is 7. The van der Waals surface area contributed by atoms with E-state index in [4.69, 9.17) is 10.5 Å². The highest BCUT2D eigenvalue weighted by Crippen LogP contribution is 2.24. The van der Waals surface area contributed by atoms with Crippen molar-refractivity contribution in [2.24, 2.45) is 5.73 Å². The van der Waals surface area contributed by atoms with Crippen LogP contribution in [0.1, 0.15) is 42.5 Å². The Morgan fingerprint density at radius 2 is 1.76 bits per heavy atom. The van der Waals surface area contributed by atoms with Gasteiger partial charge in [0.2, 0.25) is 5.91 Å². The lowest BCUT2D eigenvalue weighted by Gasteiger charge is -2.17. The maximum Gasteiger partial charge on any atom is 0.258 e. The summed E-state index contributed by atoms with van der Waals surface area (Å²) < 4.78 is 5.64. The van der Waals surface area contributed by atoms with Gasteiger partial charge in [0, 0.05) is 0 Å². The van der Waals surface area contributed by atoms with Gasteiger partial charge in [0.1, 0.15) is 11.8 Å². The van der Waals surface area contributed by atoms with Gasteiger partial charge >= 0.3 is 0 Å². The Morgan fingerprint density at radius 3 is 2.36 bits per heavy atom. The number of carbonyl (C=O) groups is 2. The van der Waals surface area contributed by atoms with Gasteiger partial charge in [0.15, 0.2) is 6.61 Å². The minimum Gasteiger partial charge on any atom is -0.483 e. The zero-order valence-electron chi connectivity index (χ0n) is 14.8. The number of benzene rings is 2. The van der Waals surface area contributed by atoms with Crippen LogP contribution in [0.4, 0.5) is 0 Å². The molecule has 0 bridgehead atoms. The number of aryl methyl sites for hydroxylation is 1. The van der Waals surface area contributed by atoms with Gasteiger partial charge < -0.3 is 15.8 Å². The molecule has 0 aliphatic rings. The molecule has 2 rings (SSSR count). The Labute approximate surface area is 148 Å². The average Bonchev–Trinajstić information content (AvgIpc) is 2.59. The van der Waals surface area contributed by atoms with E-state index in [0.717, 1.165) is 11.1 Å². The third-order valence-corrected chi connectivity index (χ3v) is 3.96. The van der Waals surface area contributed by atoms with Crippen LogP contribution in [0.15, 0.2) is 48.5 Å². The molecule has 1 atom stereocenters. The molecule has 2 aromatic rings. The summed E-state index contributed by atoms with van der Waals surface area (Å²) in [5, 5.41) is 2.62. The quantitative estimate of drug-likeness (QED) is 0.813. The normalized spacial score (nSPS) is 11.8. The first-order valence-electron chi connectivity index (χ1n) is 8.25. The summed E-state index contributed by atoms with van der Waals surface area (Å²) in [6, 6.07) is 14.0. The highest BCUT2D eigenvalue weighted by Gasteiger charge is 2.20. The summed E-state index contributed by atoms with van der Waals surface area (Å²) in [6.07, 6.45) is 0. The molecule has 3 N–H and O–H groups in total. The van der Waals surface area contributed by atoms with Crippen molar-refractivity contribution in [3.05, 3.63) is 65.2 Å². The third kappa shape index (κ3) is 5.08. The van der Waals surface area contributed by atoms with Gasteiger partial charge in [-0.1, -0.05) is 56.3 Å². The summed E-state index contributed by atoms with van der Waals surface area (Å²) in [4.78, 5) is 23.8. The van der Waals surface area contributed by atoms with Gasteiger partial charge in [-0.2, -0.15) is 0 Å². The molecule has 25 heavy (non-hydrogen) atoms. The second-order valence-electron chi connectivity index (χ2n) is 6.28. The Morgan fingerprint density at radius 1 is 1.08 bits per heavy atom. The number of carbonyl (C=O) groups excluding carboxylic acids is 2. The lowest BCUT2D eigenvalue weighted by molar-refractivity contribution is -0.128. The predicted octanol–water partition coefficient (Wildman–Crippen LogP) is 2.84. The first kappa shape index (κ1) is 18.5. The highest BCUT2D eigenvalue weighted by molar-refractivity contribution is 5.88. The fourth-order valence-corrected chi connectivity index (χ4v) is 2.44. The van der Waals surface area contributed by atoms with E-state index in [1.54, 1.807) is 24.3 Å². The van der Waals surface area contributed by atoms with Crippen molar-refractivity contribution in [2.75, 3.05) is 6.61 Å². The molecular weight excluding hydrogens is 316 g/mol. The van der Waals surface area contributed by atoms with Crippen molar-refractivity contribution in [2.45, 2.75) is 32.7 Å². The Kier molecular flexibility index (Phi) is 6.17. The van der Waals surface area contributed by atoms with E-state index in [1.807, 2.05) is 31.2 Å². The minimum atomic E-state index is -0.875. The number of ether oxygens (including phenoxy) is 1. The van der Waals surface area contributed by atoms with Gasteiger partial charge in [0.25, 0.3) is 5.91 Å². The predicted molar refractivity (Wildman–Crippen MR) is 97.3 cm³/mol. The number of hydrogen-bond acceptors (Lipinski definition) is 3. The molecule has 2 amide bonds. The molecule has 132 valence electrons. The first-order valence-corrected chi connectivity index (χ1v) is 8.25. The molecule has 0 aliphatic heterocycles. The van der Waals surface area contributed by atoms with Crippen molar-refractivity contribution in [3.63, 3.8) is 0 Å². The molecule has 0 fully saturated rings. The van der Waals surface area contributed by atoms with E-state index in [9.17, 15) is 9.59 Å². The molecule has 5 nitrogen and oxygen atoms in total. The third-order valence-electron chi connectivity index (χ3n) is 3.96. The Balaban J connectivity index is 2.02. The number of amides is 2. The van der Waals surface area contributed by atoms with Crippen LogP contribution in [0.25, 0.3) is 0 Å². The summed E-state index contributed by atoms with van der Waals surface area (Å²) in [6.45, 7) is 5.93. The molecular formula is C20H24N2O3. The van der Waals surface area contributed by atoms with E-state index < -0.39 is 17.9 Å². The van der Waals surface area contributed by atoms with Crippen molar-refractivity contribution in [3.8, 4) is 5.75 Å². The zero-order valence-corrected chi connectivity index (χ0v) is 14.8. The maximum atomic E-state index is 12.2. The molecule has 0 heterocycles. The molecule has 0 radical (unpaired) electrons. The van der Waals surface area contributed by atoms with E-state index in [2.05, 4.69) is 19.2 Å². The summed E-state index contributed by atoms with van der Waals surface area (Å²) >= 11 is 0. The van der Waals surface area contributed by atoms with Gasteiger partial charge in [0.05, 0.1) is 0 Å². The SMILES string of the molecule is Cc1ccc(C(C)C)cc1OCC(=O)N[C@H](C(N)=O)c1ccccc1. The molecule has 5 heteroatoms. The van der Waals surface area contributed by atoms with Crippen LogP contribution < -0.4 is 15.8 Å². The Hall–Kier alpha value is -2.82. The van der Waals surface area contributed by atoms with Crippen LogP contribution in [0, 0.1) is 6.92 Å². The lowest BCUT2D eigenvalue weighted by Crippen LogP contribution is -2.39. The van der Waals surface area contributed by atoms with Crippen LogP contribution in [-0.2, 0) is 9.59 Å². The first-order chi connectivity index (χ1) is 11.9.